The zero-order valence-corrected chi connectivity index (χ0v) is 18.9. The molecule has 0 fully saturated rings. The number of sulfonamides is 1. The number of aromatic carboxylic acids is 1. The van der Waals surface area contributed by atoms with Crippen molar-refractivity contribution in [1.82, 2.24) is 4.31 Å². The summed E-state index contributed by atoms with van der Waals surface area (Å²) in [4.78, 5) is 12.6. The number of nitrogens with one attached hydrogen (secondary N) is 1. The summed E-state index contributed by atoms with van der Waals surface area (Å²) < 4.78 is 25.5. The van der Waals surface area contributed by atoms with E-state index in [1.54, 1.807) is 24.3 Å². The zero-order chi connectivity index (χ0) is 19.5. The van der Waals surface area contributed by atoms with E-state index in [-0.39, 0.29) is 45.7 Å². The molecule has 0 aliphatic rings. The van der Waals surface area contributed by atoms with Crippen LogP contribution in [0.25, 0.3) is 0 Å². The molecule has 2 aromatic carbocycles. The van der Waals surface area contributed by atoms with Gasteiger partial charge in [0.05, 0.1) is 23.5 Å². The van der Waals surface area contributed by atoms with E-state index < -0.39 is 16.0 Å². The third-order valence-electron chi connectivity index (χ3n) is 3.45. The minimum atomic E-state index is -3.79. The van der Waals surface area contributed by atoms with E-state index in [0.29, 0.717) is 10.7 Å². The molecule has 27 heavy (non-hydrogen) atoms. The van der Waals surface area contributed by atoms with Crippen LogP contribution in [0.15, 0.2) is 52.5 Å². The van der Waals surface area contributed by atoms with Gasteiger partial charge in [0.25, 0.3) is 5.69 Å². The Bertz CT molecular complexity index is 980. The van der Waals surface area contributed by atoms with E-state index in [4.69, 9.17) is 11.6 Å². The largest absolute Gasteiger partial charge is 1.00 e. The fourth-order valence-electron chi connectivity index (χ4n) is 2.13. The number of hydrazine groups is 1. The quantitative estimate of drug-likeness (QED) is 0.271. The Labute approximate surface area is 184 Å². The maximum atomic E-state index is 12.2. The van der Waals surface area contributed by atoms with E-state index in [1.165, 1.54) is 38.1 Å². The van der Waals surface area contributed by atoms with E-state index in [2.05, 4.69) is 10.5 Å². The third-order valence-corrected chi connectivity index (χ3v) is 5.50. The molecular formula is C16H17ClN4NaO4S+. The molecule has 0 aliphatic carbocycles. The maximum absolute atomic E-state index is 12.2. The van der Waals surface area contributed by atoms with Crippen LogP contribution < -0.4 is 40.1 Å². The van der Waals surface area contributed by atoms with E-state index >= 15 is 0 Å². The second-order valence-electron chi connectivity index (χ2n) is 5.39. The van der Waals surface area contributed by atoms with Gasteiger partial charge in [-0.1, -0.05) is 17.7 Å². The fourth-order valence-corrected chi connectivity index (χ4v) is 3.25. The Morgan fingerprint density at radius 3 is 2.41 bits per heavy atom. The molecular weight excluding hydrogens is 403 g/mol. The maximum Gasteiger partial charge on any atom is 1.00 e. The third kappa shape index (κ3) is 5.50. The van der Waals surface area contributed by atoms with Crippen molar-refractivity contribution in [3.05, 3.63) is 53.1 Å². The number of nitrogens with zero attached hydrogens (tertiary/aromatic N) is 3. The summed E-state index contributed by atoms with van der Waals surface area (Å²) in [6.45, 7) is 0. The van der Waals surface area contributed by atoms with Crippen LogP contribution in [0.1, 0.15) is 10.4 Å². The van der Waals surface area contributed by atoms with Gasteiger partial charge < -0.3 is 9.90 Å². The number of carboxylic acids is 1. The van der Waals surface area contributed by atoms with E-state index in [0.717, 1.165) is 10.4 Å². The Kier molecular flexibility index (Phi) is 8.40. The number of carbonyl (C=O) groups is 1. The summed E-state index contributed by atoms with van der Waals surface area (Å²) in [5.41, 5.74) is 3.25. The summed E-state index contributed by atoms with van der Waals surface area (Å²) in [5.74, 6) is -1.53. The first kappa shape index (κ1) is 23.5. The second kappa shape index (κ2) is 9.63. The molecule has 2 rings (SSSR count). The number of carboxylic acid groups (broad SMARTS) is 1. The summed E-state index contributed by atoms with van der Waals surface area (Å²) in [7, 11) is 0.369. The zero-order valence-electron chi connectivity index (χ0n) is 15.3. The number of hydrogen-bond donors (Lipinski definition) is 1. The van der Waals surface area contributed by atoms with Gasteiger partial charge >= 0.3 is 29.6 Å². The van der Waals surface area contributed by atoms with Crippen molar-refractivity contribution in [1.29, 1.82) is 0 Å². The number of benzene rings is 2. The van der Waals surface area contributed by atoms with Crippen molar-refractivity contribution < 1.29 is 52.7 Å². The molecule has 0 spiro atoms. The first-order chi connectivity index (χ1) is 12.2. The van der Waals surface area contributed by atoms with E-state index in [9.17, 15) is 18.3 Å². The average molecular weight is 420 g/mol. The smallest absolute Gasteiger partial charge is 0.545 e. The first-order valence-electron chi connectivity index (χ1n) is 7.37. The minimum absolute atomic E-state index is 0. The van der Waals surface area contributed by atoms with Crippen LogP contribution in [0.2, 0.25) is 5.02 Å². The van der Waals surface area contributed by atoms with Crippen LogP contribution in [-0.4, -0.2) is 44.6 Å². The molecule has 2 aromatic rings. The number of carbonyl (C=O) groups excluding carboxylic acids is 1. The summed E-state index contributed by atoms with van der Waals surface area (Å²) in [6.07, 6.45) is 0. The van der Waals surface area contributed by atoms with Gasteiger partial charge in [0.1, 0.15) is 5.69 Å². The van der Waals surface area contributed by atoms with Gasteiger partial charge in [-0.3, -0.25) is 0 Å². The van der Waals surface area contributed by atoms with Crippen molar-refractivity contribution in [3.63, 3.8) is 0 Å². The van der Waals surface area contributed by atoms with Gasteiger partial charge in [-0.15, -0.1) is 5.43 Å². The van der Waals surface area contributed by atoms with Gasteiger partial charge in [0.2, 0.25) is 10.0 Å². The average Bonchev–Trinajstić information content (AvgIpc) is 2.59. The van der Waals surface area contributed by atoms with Crippen LogP contribution in [0.5, 0.6) is 0 Å². The van der Waals surface area contributed by atoms with Crippen molar-refractivity contribution in [3.8, 4) is 0 Å². The number of azo groups is 1. The molecule has 0 aromatic heterocycles. The van der Waals surface area contributed by atoms with Gasteiger partial charge in [-0.2, -0.15) is 0 Å². The summed E-state index contributed by atoms with van der Waals surface area (Å²) >= 11 is 5.94. The number of rotatable bonds is 6. The van der Waals surface area contributed by atoms with Crippen LogP contribution in [0, 0.1) is 0 Å². The molecule has 1 N–H and O–H groups in total. The van der Waals surface area contributed by atoms with Crippen molar-refractivity contribution >= 4 is 39.0 Å². The van der Waals surface area contributed by atoms with Crippen LogP contribution >= 0.6 is 11.6 Å². The number of halogens is 1. The molecule has 0 radical (unpaired) electrons. The van der Waals surface area contributed by atoms with Crippen LogP contribution in [0.4, 0.5) is 11.4 Å². The molecule has 0 aliphatic heterocycles. The Morgan fingerprint density at radius 2 is 1.89 bits per heavy atom. The molecule has 11 heteroatoms. The Morgan fingerprint density at radius 1 is 1.22 bits per heavy atom. The van der Waals surface area contributed by atoms with Gasteiger partial charge in [0, 0.05) is 30.0 Å². The fraction of sp³-hybridized carbons (Fsp3) is 0.188. The van der Waals surface area contributed by atoms with Gasteiger partial charge in [0.15, 0.2) is 0 Å². The van der Waals surface area contributed by atoms with Gasteiger partial charge in [-0.05, 0) is 35.4 Å². The molecule has 138 valence electrons. The van der Waals surface area contributed by atoms with Crippen molar-refractivity contribution in [2.75, 3.05) is 26.6 Å². The van der Waals surface area contributed by atoms with Crippen molar-refractivity contribution in [2.45, 2.75) is 4.90 Å². The minimum Gasteiger partial charge on any atom is -0.545 e. The normalized spacial score (nSPS) is 11.8. The van der Waals surface area contributed by atoms with Crippen LogP contribution in [0.3, 0.4) is 0 Å². The second-order valence-corrected chi connectivity index (χ2v) is 7.98. The van der Waals surface area contributed by atoms with Crippen molar-refractivity contribution in [2.24, 2.45) is 5.11 Å². The monoisotopic (exact) mass is 419 g/mol. The topological polar surface area (TPSA) is 105 Å². The Balaban J connectivity index is 0.00000364. The SMILES string of the molecule is CN=[N+](Nc1cccc(Cl)c1)c1ccc(S(=O)(=O)N(C)C)cc1C(=O)[O-].[Na+]. The number of anilines is 1. The predicted octanol–water partition coefficient (Wildman–Crippen LogP) is -1.29. The standard InChI is InChI=1S/C16H17ClN4O4S.Na/c1-18-21(19-12-6-4-5-11(17)9-12)15-8-7-13(10-14(15)16(22)23)26(24,25)20(2)3;/h4-10H,1-3H3,(H-,18,19,22,23);/q;+1. The molecule has 0 saturated heterocycles. The molecule has 0 bridgehead atoms. The van der Waals surface area contributed by atoms with Gasteiger partial charge in [-0.25, -0.2) is 12.7 Å². The predicted molar refractivity (Wildman–Crippen MR) is 95.0 cm³/mol. The molecule has 0 atom stereocenters. The molecule has 8 nitrogen and oxygen atoms in total. The van der Waals surface area contributed by atoms with E-state index in [1.807, 2.05) is 0 Å². The first-order valence-corrected chi connectivity index (χ1v) is 9.18. The van der Waals surface area contributed by atoms with Crippen LogP contribution in [-0.2, 0) is 10.0 Å². The molecule has 0 saturated carbocycles. The number of hydrogen-bond acceptors (Lipinski definition) is 5. The summed E-state index contributed by atoms with van der Waals surface area (Å²) in [6, 6.07) is 10.4. The molecule has 0 unspecified atom stereocenters. The summed E-state index contributed by atoms with van der Waals surface area (Å²) in [5, 5.41) is 16.0. The molecule has 0 heterocycles. The Hall–Kier alpha value is -1.49. The molecule has 0 amide bonds.